The van der Waals surface area contributed by atoms with Gasteiger partial charge in [-0.2, -0.15) is 0 Å². The van der Waals surface area contributed by atoms with E-state index in [-0.39, 0.29) is 17.7 Å². The number of pyridine rings is 1. The molecule has 2 atom stereocenters. The minimum absolute atomic E-state index is 0.289. The molecule has 0 spiro atoms. The summed E-state index contributed by atoms with van der Waals surface area (Å²) in [6, 6.07) is 7.18. The summed E-state index contributed by atoms with van der Waals surface area (Å²) in [5.74, 6) is -0.589. The van der Waals surface area contributed by atoms with Crippen LogP contribution >= 0.6 is 0 Å². The Bertz CT molecular complexity index is 1110. The molecule has 0 aliphatic heterocycles. The van der Waals surface area contributed by atoms with E-state index >= 15 is 0 Å². The number of benzene rings is 1. The number of hydrogen-bond donors (Lipinski definition) is 2. The molecule has 1 amide bonds. The molecule has 6 nitrogen and oxygen atoms in total. The van der Waals surface area contributed by atoms with Crippen LogP contribution in [0.1, 0.15) is 47.2 Å². The lowest BCUT2D eigenvalue weighted by molar-refractivity contribution is -0.274. The number of rotatable bonds is 5. The van der Waals surface area contributed by atoms with Crippen LogP contribution in [-0.4, -0.2) is 39.1 Å². The van der Waals surface area contributed by atoms with Crippen LogP contribution in [0.5, 0.6) is 5.75 Å². The molecule has 1 aliphatic rings. The van der Waals surface area contributed by atoms with Crippen molar-refractivity contribution in [3.63, 3.8) is 0 Å². The second kappa shape index (κ2) is 8.82. The fraction of sp³-hybridized carbons (Fsp3) is 0.391. The maximum absolute atomic E-state index is 13.0. The van der Waals surface area contributed by atoms with E-state index in [1.807, 2.05) is 17.6 Å². The Hall–Kier alpha value is -3.07. The van der Waals surface area contributed by atoms with Crippen LogP contribution in [0.4, 0.5) is 13.2 Å². The number of amides is 1. The summed E-state index contributed by atoms with van der Waals surface area (Å²) in [6.45, 7) is 2.25. The van der Waals surface area contributed by atoms with Gasteiger partial charge in [0.2, 0.25) is 0 Å². The summed E-state index contributed by atoms with van der Waals surface area (Å²) in [7, 11) is 0. The van der Waals surface area contributed by atoms with Gasteiger partial charge >= 0.3 is 6.36 Å². The summed E-state index contributed by atoms with van der Waals surface area (Å²) in [6.07, 6.45) is 1.33. The number of hydrogen-bond acceptors (Lipinski definition) is 4. The van der Waals surface area contributed by atoms with Gasteiger partial charge in [0, 0.05) is 18.9 Å². The van der Waals surface area contributed by atoms with E-state index in [2.05, 4.69) is 15.0 Å². The van der Waals surface area contributed by atoms with Crippen molar-refractivity contribution < 1.29 is 27.8 Å². The Kier molecular flexibility index (Phi) is 6.10. The number of aromatic nitrogens is 2. The Morgan fingerprint density at radius 3 is 2.62 bits per heavy atom. The van der Waals surface area contributed by atoms with Gasteiger partial charge in [-0.05, 0) is 49.1 Å². The molecular formula is C23H24F3N3O3. The predicted molar refractivity (Wildman–Crippen MR) is 112 cm³/mol. The first-order chi connectivity index (χ1) is 15.2. The third-order valence-corrected chi connectivity index (χ3v) is 5.75. The molecule has 1 unspecified atom stereocenters. The lowest BCUT2D eigenvalue weighted by Gasteiger charge is -2.28. The molecule has 2 heterocycles. The fourth-order valence-corrected chi connectivity index (χ4v) is 4.20. The number of aliphatic hydroxyl groups is 1. The predicted octanol–water partition coefficient (Wildman–Crippen LogP) is 4.32. The van der Waals surface area contributed by atoms with Crippen molar-refractivity contribution in [2.45, 2.75) is 57.7 Å². The van der Waals surface area contributed by atoms with Crippen LogP contribution in [0.3, 0.4) is 0 Å². The highest BCUT2D eigenvalue weighted by atomic mass is 19.4. The summed E-state index contributed by atoms with van der Waals surface area (Å²) in [5.41, 5.74) is 3.39. The van der Waals surface area contributed by atoms with Gasteiger partial charge in [-0.3, -0.25) is 9.78 Å². The number of ether oxygens (including phenoxy) is 1. The summed E-state index contributed by atoms with van der Waals surface area (Å²) >= 11 is 0. The average molecular weight is 447 g/mol. The number of carbonyl (C=O) groups is 1. The SMILES string of the molecule is Cc1ccnc2c(C(=O)N[C@H]3CCCCC3O)cn(Cc3ccc(OC(F)(F)F)cc3)c12. The molecule has 4 rings (SSSR count). The van der Waals surface area contributed by atoms with Crippen LogP contribution in [0.2, 0.25) is 0 Å². The standard InChI is InChI=1S/C23H24F3N3O3/c1-14-10-11-27-20-17(22(31)28-18-4-2-3-5-19(18)30)13-29(21(14)20)12-15-6-8-16(9-7-15)32-23(24,25)26/h6-11,13,18-19,30H,2-5,12H2,1H3,(H,28,31)/t18-,19?/m0/s1. The first-order valence-electron chi connectivity index (χ1n) is 10.5. The fourth-order valence-electron chi connectivity index (χ4n) is 4.20. The highest BCUT2D eigenvalue weighted by Crippen LogP contribution is 2.27. The van der Waals surface area contributed by atoms with Gasteiger partial charge in [0.1, 0.15) is 11.3 Å². The van der Waals surface area contributed by atoms with Gasteiger partial charge in [-0.25, -0.2) is 0 Å². The number of fused-ring (bicyclic) bond motifs is 1. The topological polar surface area (TPSA) is 76.4 Å². The third kappa shape index (κ3) is 4.88. The Morgan fingerprint density at radius 2 is 1.94 bits per heavy atom. The van der Waals surface area contributed by atoms with E-state index in [1.54, 1.807) is 24.5 Å². The van der Waals surface area contributed by atoms with E-state index in [0.29, 0.717) is 24.0 Å². The van der Waals surface area contributed by atoms with Gasteiger partial charge in [-0.1, -0.05) is 25.0 Å². The minimum atomic E-state index is -4.74. The lowest BCUT2D eigenvalue weighted by atomic mass is 9.92. The molecular weight excluding hydrogens is 423 g/mol. The molecule has 1 aromatic carbocycles. The number of alkyl halides is 3. The van der Waals surface area contributed by atoms with Crippen molar-refractivity contribution in [1.82, 2.24) is 14.9 Å². The molecule has 0 bridgehead atoms. The number of carbonyl (C=O) groups excluding carboxylic acids is 1. The second-order valence-electron chi connectivity index (χ2n) is 8.12. The molecule has 0 radical (unpaired) electrons. The van der Waals surface area contributed by atoms with Gasteiger partial charge in [0.05, 0.1) is 23.2 Å². The molecule has 32 heavy (non-hydrogen) atoms. The van der Waals surface area contributed by atoms with Crippen molar-refractivity contribution in [2.75, 3.05) is 0 Å². The highest BCUT2D eigenvalue weighted by Gasteiger charge is 2.31. The Morgan fingerprint density at radius 1 is 1.22 bits per heavy atom. The van der Waals surface area contributed by atoms with Gasteiger partial charge < -0.3 is 19.7 Å². The highest BCUT2D eigenvalue weighted by molar-refractivity contribution is 6.06. The van der Waals surface area contributed by atoms with Crippen LogP contribution in [0.15, 0.2) is 42.7 Å². The maximum Gasteiger partial charge on any atom is 0.573 e. The summed E-state index contributed by atoms with van der Waals surface area (Å²) < 4.78 is 43.0. The molecule has 3 aromatic rings. The maximum atomic E-state index is 13.0. The molecule has 1 aliphatic carbocycles. The molecule has 2 aromatic heterocycles. The molecule has 0 saturated heterocycles. The van der Waals surface area contributed by atoms with Crippen LogP contribution in [0, 0.1) is 6.92 Å². The van der Waals surface area contributed by atoms with Crippen molar-refractivity contribution >= 4 is 16.9 Å². The zero-order valence-electron chi connectivity index (χ0n) is 17.5. The zero-order chi connectivity index (χ0) is 22.9. The van der Waals surface area contributed by atoms with E-state index in [9.17, 15) is 23.1 Å². The van der Waals surface area contributed by atoms with Crippen molar-refractivity contribution in [2.24, 2.45) is 0 Å². The minimum Gasteiger partial charge on any atom is -0.406 e. The van der Waals surface area contributed by atoms with Crippen molar-refractivity contribution in [1.29, 1.82) is 0 Å². The summed E-state index contributed by atoms with van der Waals surface area (Å²) in [5, 5.41) is 13.1. The van der Waals surface area contributed by atoms with E-state index in [0.717, 1.165) is 35.9 Å². The molecule has 2 N–H and O–H groups in total. The van der Waals surface area contributed by atoms with E-state index < -0.39 is 12.5 Å². The van der Waals surface area contributed by atoms with E-state index in [4.69, 9.17) is 0 Å². The second-order valence-corrected chi connectivity index (χ2v) is 8.12. The monoisotopic (exact) mass is 447 g/mol. The molecule has 9 heteroatoms. The van der Waals surface area contributed by atoms with Crippen LogP contribution < -0.4 is 10.1 Å². The van der Waals surface area contributed by atoms with Gasteiger partial charge in [0.15, 0.2) is 0 Å². The van der Waals surface area contributed by atoms with Gasteiger partial charge in [0.25, 0.3) is 5.91 Å². The van der Waals surface area contributed by atoms with Crippen molar-refractivity contribution in [3.8, 4) is 5.75 Å². The van der Waals surface area contributed by atoms with Gasteiger partial charge in [-0.15, -0.1) is 13.2 Å². The normalized spacial score (nSPS) is 19.2. The number of nitrogens with one attached hydrogen (secondary N) is 1. The first kappa shape index (κ1) is 22.1. The lowest BCUT2D eigenvalue weighted by Crippen LogP contribution is -2.45. The number of aryl methyl sites for hydroxylation is 1. The van der Waals surface area contributed by atoms with Crippen LogP contribution in [0.25, 0.3) is 11.0 Å². The third-order valence-electron chi connectivity index (χ3n) is 5.75. The largest absolute Gasteiger partial charge is 0.573 e. The quantitative estimate of drug-likeness (QED) is 0.611. The smallest absolute Gasteiger partial charge is 0.406 e. The molecule has 170 valence electrons. The number of halogens is 3. The first-order valence-corrected chi connectivity index (χ1v) is 10.5. The summed E-state index contributed by atoms with van der Waals surface area (Å²) in [4.78, 5) is 17.4. The Balaban J connectivity index is 1.60. The number of aliphatic hydroxyl groups excluding tert-OH is 1. The zero-order valence-corrected chi connectivity index (χ0v) is 17.5. The van der Waals surface area contributed by atoms with E-state index in [1.165, 1.54) is 12.1 Å². The van der Waals surface area contributed by atoms with Crippen LogP contribution in [-0.2, 0) is 6.54 Å². The molecule has 1 fully saturated rings. The van der Waals surface area contributed by atoms with Crippen molar-refractivity contribution in [3.05, 3.63) is 59.4 Å². The average Bonchev–Trinajstić information content (AvgIpc) is 3.10. The Labute approximate surface area is 183 Å². The molecule has 1 saturated carbocycles. The number of nitrogens with zero attached hydrogens (tertiary/aromatic N) is 2.